The number of aromatic hydroxyl groups is 1. The normalized spacial score (nSPS) is 16.8. The van der Waals surface area contributed by atoms with Gasteiger partial charge < -0.3 is 24.1 Å². The van der Waals surface area contributed by atoms with Gasteiger partial charge in [-0.3, -0.25) is 4.90 Å². The molecule has 3 aromatic rings. The smallest absolute Gasteiger partial charge is 0.203 e. The number of halogens is 1. The number of rotatable bonds is 6. The largest absolute Gasteiger partial charge is 0.504 e. The van der Waals surface area contributed by atoms with E-state index in [1.54, 1.807) is 21.3 Å². The Morgan fingerprint density at radius 3 is 2.44 bits per heavy atom. The first-order chi connectivity index (χ1) is 16.5. The van der Waals surface area contributed by atoms with E-state index in [0.717, 1.165) is 51.9 Å². The predicted molar refractivity (Wildman–Crippen MR) is 133 cm³/mol. The minimum atomic E-state index is 0.104. The van der Waals surface area contributed by atoms with Gasteiger partial charge in [0.05, 0.1) is 21.3 Å². The van der Waals surface area contributed by atoms with Crippen molar-refractivity contribution in [1.29, 1.82) is 0 Å². The van der Waals surface area contributed by atoms with E-state index in [1.807, 2.05) is 36.4 Å². The SMILES string of the molecule is COc1cc(Br)c2c(c1O)CN1CCc3cc(OCc4ccccc4)c(OC)c(OC)c3C1C2. The van der Waals surface area contributed by atoms with Crippen molar-refractivity contribution < 1.29 is 24.1 Å². The van der Waals surface area contributed by atoms with Crippen LogP contribution in [0.5, 0.6) is 28.7 Å². The molecule has 0 spiro atoms. The molecule has 0 saturated carbocycles. The minimum Gasteiger partial charge on any atom is -0.504 e. The number of phenolic OH excluding ortho intramolecular Hbond substituents is 1. The molecule has 178 valence electrons. The molecule has 0 radical (unpaired) electrons. The molecule has 34 heavy (non-hydrogen) atoms. The van der Waals surface area contributed by atoms with Gasteiger partial charge in [-0.25, -0.2) is 0 Å². The Morgan fingerprint density at radius 2 is 1.74 bits per heavy atom. The summed E-state index contributed by atoms with van der Waals surface area (Å²) in [5.41, 5.74) is 5.44. The third-order valence-electron chi connectivity index (χ3n) is 6.82. The highest BCUT2D eigenvalue weighted by atomic mass is 79.9. The van der Waals surface area contributed by atoms with Crippen LogP contribution in [0, 0.1) is 0 Å². The molecule has 1 unspecified atom stereocenters. The summed E-state index contributed by atoms with van der Waals surface area (Å²) in [4.78, 5) is 2.39. The molecule has 2 heterocycles. The van der Waals surface area contributed by atoms with E-state index < -0.39 is 0 Å². The third kappa shape index (κ3) is 3.87. The molecule has 0 fully saturated rings. The molecule has 1 N–H and O–H groups in total. The van der Waals surface area contributed by atoms with Crippen molar-refractivity contribution in [3.8, 4) is 28.7 Å². The van der Waals surface area contributed by atoms with E-state index in [4.69, 9.17) is 18.9 Å². The van der Waals surface area contributed by atoms with Crippen molar-refractivity contribution in [2.24, 2.45) is 0 Å². The highest BCUT2D eigenvalue weighted by molar-refractivity contribution is 9.10. The minimum absolute atomic E-state index is 0.104. The maximum atomic E-state index is 10.8. The number of fused-ring (bicyclic) bond motifs is 4. The Morgan fingerprint density at radius 1 is 0.971 bits per heavy atom. The van der Waals surface area contributed by atoms with Gasteiger partial charge in [-0.1, -0.05) is 46.3 Å². The Hall–Kier alpha value is -2.90. The number of methoxy groups -OCH3 is 3. The lowest BCUT2D eigenvalue weighted by atomic mass is 9.83. The van der Waals surface area contributed by atoms with E-state index in [1.165, 1.54) is 5.56 Å². The second-order valence-corrected chi connectivity index (χ2v) is 9.45. The molecular weight excluding hydrogens is 498 g/mol. The van der Waals surface area contributed by atoms with E-state index in [9.17, 15) is 5.11 Å². The van der Waals surface area contributed by atoms with E-state index in [-0.39, 0.29) is 11.8 Å². The number of hydrogen-bond donors (Lipinski definition) is 1. The van der Waals surface area contributed by atoms with Gasteiger partial charge in [0.15, 0.2) is 23.0 Å². The van der Waals surface area contributed by atoms with Crippen molar-refractivity contribution in [2.45, 2.75) is 32.0 Å². The molecule has 0 bridgehead atoms. The molecular formula is C27H28BrNO5. The number of nitrogens with zero attached hydrogens (tertiary/aromatic N) is 1. The average molecular weight is 526 g/mol. The van der Waals surface area contributed by atoms with Crippen molar-refractivity contribution in [3.05, 3.63) is 74.8 Å². The number of ether oxygens (including phenoxy) is 4. The highest BCUT2D eigenvalue weighted by Crippen LogP contribution is 2.52. The summed E-state index contributed by atoms with van der Waals surface area (Å²) < 4.78 is 24.3. The number of hydrogen-bond acceptors (Lipinski definition) is 6. The van der Waals surface area contributed by atoms with Gasteiger partial charge in [0, 0.05) is 34.7 Å². The topological polar surface area (TPSA) is 60.4 Å². The fourth-order valence-corrected chi connectivity index (χ4v) is 5.77. The number of benzene rings is 3. The molecule has 5 rings (SSSR count). The van der Waals surface area contributed by atoms with Crippen LogP contribution in [-0.2, 0) is 26.0 Å². The van der Waals surface area contributed by atoms with Crippen molar-refractivity contribution >= 4 is 15.9 Å². The Bertz CT molecular complexity index is 1210. The summed E-state index contributed by atoms with van der Waals surface area (Å²) in [5, 5.41) is 10.8. The lowest BCUT2D eigenvalue weighted by Crippen LogP contribution is -2.39. The fourth-order valence-electron chi connectivity index (χ4n) is 5.16. The molecule has 1 atom stereocenters. The van der Waals surface area contributed by atoms with Crippen molar-refractivity contribution in [2.75, 3.05) is 27.9 Å². The second kappa shape index (κ2) is 9.39. The first-order valence-electron chi connectivity index (χ1n) is 11.3. The maximum absolute atomic E-state index is 10.8. The molecule has 7 heteroatoms. The number of phenols is 1. The van der Waals surface area contributed by atoms with E-state index in [2.05, 4.69) is 26.9 Å². The van der Waals surface area contributed by atoms with Crippen LogP contribution >= 0.6 is 15.9 Å². The summed E-state index contributed by atoms with van der Waals surface area (Å²) in [6.07, 6.45) is 1.60. The summed E-state index contributed by atoms with van der Waals surface area (Å²) in [6, 6.07) is 14.1. The van der Waals surface area contributed by atoms with Crippen LogP contribution in [0.1, 0.15) is 33.9 Å². The van der Waals surface area contributed by atoms with Crippen LogP contribution in [0.2, 0.25) is 0 Å². The van der Waals surface area contributed by atoms with E-state index in [0.29, 0.717) is 30.4 Å². The van der Waals surface area contributed by atoms with Crippen LogP contribution in [-0.4, -0.2) is 37.9 Å². The molecule has 3 aromatic carbocycles. The van der Waals surface area contributed by atoms with Crippen LogP contribution in [0.3, 0.4) is 0 Å². The lowest BCUT2D eigenvalue weighted by Gasteiger charge is -2.42. The van der Waals surface area contributed by atoms with Crippen molar-refractivity contribution in [1.82, 2.24) is 4.90 Å². The van der Waals surface area contributed by atoms with Gasteiger partial charge in [0.1, 0.15) is 6.61 Å². The van der Waals surface area contributed by atoms with Crippen molar-refractivity contribution in [3.63, 3.8) is 0 Å². The molecule has 0 amide bonds. The quantitative estimate of drug-likeness (QED) is 0.464. The van der Waals surface area contributed by atoms with Gasteiger partial charge in [-0.15, -0.1) is 0 Å². The average Bonchev–Trinajstić information content (AvgIpc) is 2.88. The Labute approximate surface area is 208 Å². The highest BCUT2D eigenvalue weighted by Gasteiger charge is 2.38. The van der Waals surface area contributed by atoms with Crippen LogP contribution in [0.25, 0.3) is 0 Å². The molecule has 0 aromatic heterocycles. The Kier molecular flexibility index (Phi) is 6.32. The molecule has 0 saturated heterocycles. The van der Waals surface area contributed by atoms with Gasteiger partial charge in [0.25, 0.3) is 0 Å². The monoisotopic (exact) mass is 525 g/mol. The zero-order valence-corrected chi connectivity index (χ0v) is 21.1. The Balaban J connectivity index is 1.54. The second-order valence-electron chi connectivity index (χ2n) is 8.60. The summed E-state index contributed by atoms with van der Waals surface area (Å²) in [5.74, 6) is 2.73. The molecule has 6 nitrogen and oxygen atoms in total. The zero-order valence-electron chi connectivity index (χ0n) is 19.6. The summed E-state index contributed by atoms with van der Waals surface area (Å²) in [7, 11) is 4.91. The first-order valence-corrected chi connectivity index (χ1v) is 12.1. The van der Waals surface area contributed by atoms with Gasteiger partial charge in [-0.2, -0.15) is 0 Å². The van der Waals surface area contributed by atoms with Crippen LogP contribution < -0.4 is 18.9 Å². The maximum Gasteiger partial charge on any atom is 0.203 e. The predicted octanol–water partition coefficient (Wildman–Crippen LogP) is 5.42. The fraction of sp³-hybridized carbons (Fsp3) is 0.333. The van der Waals surface area contributed by atoms with Gasteiger partial charge in [0.2, 0.25) is 5.75 Å². The van der Waals surface area contributed by atoms with Gasteiger partial charge >= 0.3 is 0 Å². The van der Waals surface area contributed by atoms with Gasteiger partial charge in [-0.05, 0) is 41.7 Å². The molecule has 2 aliphatic rings. The molecule has 2 aliphatic heterocycles. The van der Waals surface area contributed by atoms with E-state index >= 15 is 0 Å². The molecule has 0 aliphatic carbocycles. The standard InChI is InChI=1S/C27H28BrNO5/c1-31-22-13-20(28)18-12-21-24-17(9-10-29(21)14-19(18)25(22)30)11-23(26(32-2)27(24)33-3)34-15-16-7-5-4-6-8-16/h4-8,11,13,21,30H,9-10,12,14-15H2,1-3H3. The van der Waals surface area contributed by atoms with Crippen LogP contribution in [0.4, 0.5) is 0 Å². The van der Waals surface area contributed by atoms with Crippen LogP contribution in [0.15, 0.2) is 46.9 Å². The third-order valence-corrected chi connectivity index (χ3v) is 7.53. The summed E-state index contributed by atoms with van der Waals surface area (Å²) >= 11 is 3.70. The summed E-state index contributed by atoms with van der Waals surface area (Å²) in [6.45, 7) is 1.97. The lowest BCUT2D eigenvalue weighted by molar-refractivity contribution is 0.152. The zero-order chi connectivity index (χ0) is 23.8. The first kappa shape index (κ1) is 22.9.